The number of amides is 2. The average molecular weight is 306 g/mol. The Morgan fingerprint density at radius 2 is 2.05 bits per heavy atom. The van der Waals surface area contributed by atoms with Crippen molar-refractivity contribution in [1.29, 1.82) is 0 Å². The lowest BCUT2D eigenvalue weighted by Crippen LogP contribution is -2.49. The Morgan fingerprint density at radius 3 is 2.82 bits per heavy atom. The molecular formula is C16H22N2O4. The van der Waals surface area contributed by atoms with Crippen LogP contribution in [0, 0.1) is 0 Å². The number of rotatable bonds is 3. The predicted molar refractivity (Wildman–Crippen MR) is 80.7 cm³/mol. The van der Waals surface area contributed by atoms with E-state index in [9.17, 15) is 4.79 Å². The van der Waals surface area contributed by atoms with Crippen molar-refractivity contribution in [2.45, 2.75) is 12.2 Å². The SMILES string of the molecule is O=C(NC[C@@H]1COCCO1)N1CCO[C@H](c2ccccc2)C1. The summed E-state index contributed by atoms with van der Waals surface area (Å²) in [6.07, 6.45) is -0.112. The molecule has 3 rings (SSSR count). The van der Waals surface area contributed by atoms with Crippen LogP contribution < -0.4 is 5.32 Å². The number of nitrogens with one attached hydrogen (secondary N) is 1. The second kappa shape index (κ2) is 7.58. The Hall–Kier alpha value is -1.63. The number of carbonyl (C=O) groups excluding carboxylic acids is 1. The Kier molecular flexibility index (Phi) is 5.26. The summed E-state index contributed by atoms with van der Waals surface area (Å²) < 4.78 is 16.6. The molecule has 1 N–H and O–H groups in total. The molecule has 2 heterocycles. The number of carbonyl (C=O) groups is 1. The number of benzene rings is 1. The molecule has 2 fully saturated rings. The first-order chi connectivity index (χ1) is 10.8. The summed E-state index contributed by atoms with van der Waals surface area (Å²) >= 11 is 0. The third kappa shape index (κ3) is 3.97. The quantitative estimate of drug-likeness (QED) is 0.911. The van der Waals surface area contributed by atoms with Crippen LogP contribution in [0.25, 0.3) is 0 Å². The molecule has 0 saturated carbocycles. The highest BCUT2D eigenvalue weighted by Gasteiger charge is 2.26. The molecule has 120 valence electrons. The maximum Gasteiger partial charge on any atom is 0.317 e. The first-order valence-corrected chi connectivity index (χ1v) is 7.71. The summed E-state index contributed by atoms with van der Waals surface area (Å²) in [7, 11) is 0. The third-order valence-electron chi connectivity index (χ3n) is 3.89. The maximum absolute atomic E-state index is 12.3. The molecule has 22 heavy (non-hydrogen) atoms. The van der Waals surface area contributed by atoms with E-state index in [0.29, 0.717) is 46.1 Å². The van der Waals surface area contributed by atoms with Crippen LogP contribution in [0.3, 0.4) is 0 Å². The van der Waals surface area contributed by atoms with Gasteiger partial charge in [0, 0.05) is 13.1 Å². The summed E-state index contributed by atoms with van der Waals surface area (Å²) in [6, 6.07) is 9.93. The van der Waals surface area contributed by atoms with E-state index >= 15 is 0 Å². The van der Waals surface area contributed by atoms with Crippen LogP contribution in [0.4, 0.5) is 4.79 Å². The first-order valence-electron chi connectivity index (χ1n) is 7.71. The number of hydrogen-bond acceptors (Lipinski definition) is 4. The van der Waals surface area contributed by atoms with Crippen LogP contribution >= 0.6 is 0 Å². The molecule has 0 aromatic heterocycles. The highest BCUT2D eigenvalue weighted by atomic mass is 16.6. The fraction of sp³-hybridized carbons (Fsp3) is 0.562. The van der Waals surface area contributed by atoms with Crippen LogP contribution in [0.1, 0.15) is 11.7 Å². The molecule has 6 nitrogen and oxygen atoms in total. The standard InChI is InChI=1S/C16H22N2O4/c19-16(17-10-14-12-20-8-9-21-14)18-6-7-22-15(11-18)13-4-2-1-3-5-13/h1-5,14-15H,6-12H2,(H,17,19)/t14-,15+/m1/s1. The molecule has 1 aromatic carbocycles. The van der Waals surface area contributed by atoms with Gasteiger partial charge in [0.05, 0.1) is 39.1 Å². The van der Waals surface area contributed by atoms with Crippen molar-refractivity contribution in [3.63, 3.8) is 0 Å². The van der Waals surface area contributed by atoms with E-state index in [1.54, 1.807) is 4.90 Å². The number of urea groups is 1. The van der Waals surface area contributed by atoms with Gasteiger partial charge in [-0.3, -0.25) is 0 Å². The van der Waals surface area contributed by atoms with Crippen molar-refractivity contribution in [3.05, 3.63) is 35.9 Å². The third-order valence-corrected chi connectivity index (χ3v) is 3.89. The lowest BCUT2D eigenvalue weighted by Gasteiger charge is -2.33. The van der Waals surface area contributed by atoms with Crippen molar-refractivity contribution in [1.82, 2.24) is 10.2 Å². The van der Waals surface area contributed by atoms with Crippen molar-refractivity contribution >= 4 is 6.03 Å². The van der Waals surface area contributed by atoms with Crippen molar-refractivity contribution in [2.24, 2.45) is 0 Å². The van der Waals surface area contributed by atoms with E-state index in [0.717, 1.165) is 5.56 Å². The average Bonchev–Trinajstić information content (AvgIpc) is 2.61. The molecule has 2 aliphatic rings. The highest BCUT2D eigenvalue weighted by molar-refractivity contribution is 5.74. The lowest BCUT2D eigenvalue weighted by atomic mass is 10.1. The van der Waals surface area contributed by atoms with Crippen LogP contribution in [-0.4, -0.2) is 63.1 Å². The number of nitrogens with zero attached hydrogens (tertiary/aromatic N) is 1. The smallest absolute Gasteiger partial charge is 0.317 e. The largest absolute Gasteiger partial charge is 0.376 e. The minimum atomic E-state index is -0.0709. The fourth-order valence-electron chi connectivity index (χ4n) is 2.67. The van der Waals surface area contributed by atoms with Crippen LogP contribution in [0.2, 0.25) is 0 Å². The van der Waals surface area contributed by atoms with Crippen LogP contribution in [0.15, 0.2) is 30.3 Å². The fourth-order valence-corrected chi connectivity index (χ4v) is 2.67. The topological polar surface area (TPSA) is 60.0 Å². The number of ether oxygens (including phenoxy) is 3. The van der Waals surface area contributed by atoms with Gasteiger partial charge >= 0.3 is 6.03 Å². The van der Waals surface area contributed by atoms with Gasteiger partial charge in [-0.05, 0) is 5.56 Å². The van der Waals surface area contributed by atoms with E-state index in [4.69, 9.17) is 14.2 Å². The molecule has 0 unspecified atom stereocenters. The molecule has 6 heteroatoms. The van der Waals surface area contributed by atoms with E-state index in [-0.39, 0.29) is 18.2 Å². The second-order valence-corrected chi connectivity index (χ2v) is 5.47. The van der Waals surface area contributed by atoms with Gasteiger partial charge in [-0.2, -0.15) is 0 Å². The Bertz CT molecular complexity index is 476. The first kappa shape index (κ1) is 15.3. The second-order valence-electron chi connectivity index (χ2n) is 5.47. The minimum absolute atomic E-state index is 0.0522. The van der Waals surface area contributed by atoms with Gasteiger partial charge in [-0.15, -0.1) is 0 Å². The summed E-state index contributed by atoms with van der Waals surface area (Å²) in [5, 5.41) is 2.92. The zero-order valence-electron chi connectivity index (χ0n) is 12.6. The Labute approximate surface area is 130 Å². The minimum Gasteiger partial charge on any atom is -0.376 e. The van der Waals surface area contributed by atoms with Gasteiger partial charge < -0.3 is 24.4 Å². The van der Waals surface area contributed by atoms with E-state index in [1.807, 2.05) is 30.3 Å². The molecule has 1 aromatic rings. The van der Waals surface area contributed by atoms with Crippen molar-refractivity contribution < 1.29 is 19.0 Å². The monoisotopic (exact) mass is 306 g/mol. The molecule has 2 saturated heterocycles. The van der Waals surface area contributed by atoms with Crippen molar-refractivity contribution in [3.8, 4) is 0 Å². The maximum atomic E-state index is 12.3. The van der Waals surface area contributed by atoms with Gasteiger partial charge in [-0.1, -0.05) is 30.3 Å². The number of morpholine rings is 1. The summed E-state index contributed by atoms with van der Waals surface area (Å²) in [6.45, 7) is 3.97. The molecule has 0 bridgehead atoms. The molecular weight excluding hydrogens is 284 g/mol. The lowest BCUT2D eigenvalue weighted by molar-refractivity contribution is -0.0859. The van der Waals surface area contributed by atoms with E-state index in [2.05, 4.69) is 5.32 Å². The van der Waals surface area contributed by atoms with E-state index < -0.39 is 0 Å². The van der Waals surface area contributed by atoms with Gasteiger partial charge in [0.2, 0.25) is 0 Å². The molecule has 0 radical (unpaired) electrons. The van der Waals surface area contributed by atoms with E-state index in [1.165, 1.54) is 0 Å². The summed E-state index contributed by atoms with van der Waals surface area (Å²) in [4.78, 5) is 14.1. The molecule has 0 aliphatic carbocycles. The predicted octanol–water partition coefficient (Wildman–Crippen LogP) is 1.18. The molecule has 0 spiro atoms. The van der Waals surface area contributed by atoms with Gasteiger partial charge in [0.15, 0.2) is 0 Å². The van der Waals surface area contributed by atoms with Crippen LogP contribution in [-0.2, 0) is 14.2 Å². The van der Waals surface area contributed by atoms with Gasteiger partial charge in [-0.25, -0.2) is 4.79 Å². The normalized spacial score (nSPS) is 25.7. The number of hydrogen-bond donors (Lipinski definition) is 1. The Balaban J connectivity index is 1.49. The molecule has 2 atom stereocenters. The summed E-state index contributed by atoms with van der Waals surface area (Å²) in [5.41, 5.74) is 1.10. The van der Waals surface area contributed by atoms with Crippen LogP contribution in [0.5, 0.6) is 0 Å². The van der Waals surface area contributed by atoms with Gasteiger partial charge in [0.25, 0.3) is 0 Å². The van der Waals surface area contributed by atoms with Crippen molar-refractivity contribution in [2.75, 3.05) is 46.1 Å². The molecule has 2 amide bonds. The zero-order valence-corrected chi connectivity index (χ0v) is 12.6. The zero-order chi connectivity index (χ0) is 15.2. The van der Waals surface area contributed by atoms with Gasteiger partial charge in [0.1, 0.15) is 6.10 Å². The molecule has 2 aliphatic heterocycles. The summed E-state index contributed by atoms with van der Waals surface area (Å²) in [5.74, 6) is 0. The highest BCUT2D eigenvalue weighted by Crippen LogP contribution is 2.21. The Morgan fingerprint density at radius 1 is 1.18 bits per heavy atom.